The van der Waals surface area contributed by atoms with E-state index in [0.717, 1.165) is 22.4 Å². The predicted octanol–water partition coefficient (Wildman–Crippen LogP) is 2.89. The van der Waals surface area contributed by atoms with Crippen LogP contribution in [0.4, 0.5) is 5.69 Å². The number of aromatic carboxylic acids is 1. The third-order valence-corrected chi connectivity index (χ3v) is 4.29. The summed E-state index contributed by atoms with van der Waals surface area (Å²) in [5.41, 5.74) is 6.72. The molecule has 0 aromatic heterocycles. The van der Waals surface area contributed by atoms with Crippen molar-refractivity contribution in [3.05, 3.63) is 52.1 Å². The van der Waals surface area contributed by atoms with Crippen LogP contribution >= 0.6 is 0 Å². The largest absolute Gasteiger partial charge is 0.493 e. The molecule has 3 N–H and O–H groups in total. The average Bonchev–Trinajstić information content (AvgIpc) is 2.66. The van der Waals surface area contributed by atoms with E-state index in [1.165, 1.54) is 26.5 Å². The minimum atomic E-state index is -1.19. The fourth-order valence-electron chi connectivity index (χ4n) is 3.11. The van der Waals surface area contributed by atoms with Crippen molar-refractivity contribution in [2.45, 2.75) is 20.8 Å². The summed E-state index contributed by atoms with van der Waals surface area (Å²) < 4.78 is 10.3. The van der Waals surface area contributed by atoms with Gasteiger partial charge in [-0.05, 0) is 44.0 Å². The molecule has 0 aliphatic carbocycles. The maximum Gasteiger partial charge on any atom is 0.340 e. The molecular weight excluding hydrogens is 374 g/mol. The Morgan fingerprint density at radius 3 is 2.31 bits per heavy atom. The van der Waals surface area contributed by atoms with Gasteiger partial charge in [0.15, 0.2) is 11.5 Å². The molecule has 0 saturated heterocycles. The van der Waals surface area contributed by atoms with Crippen LogP contribution in [0.2, 0.25) is 0 Å². The molecule has 0 heterocycles. The lowest BCUT2D eigenvalue weighted by Crippen LogP contribution is -2.26. The number of nitrogens with zero attached hydrogens (tertiary/aromatic N) is 1. The minimum Gasteiger partial charge on any atom is -0.493 e. The third-order valence-electron chi connectivity index (χ3n) is 4.29. The molecule has 29 heavy (non-hydrogen) atoms. The van der Waals surface area contributed by atoms with E-state index in [0.29, 0.717) is 5.75 Å². The molecule has 0 unspecified atom stereocenters. The van der Waals surface area contributed by atoms with Gasteiger partial charge in [-0.1, -0.05) is 17.7 Å². The standard InChI is InChI=1S/C21H25N3O5/c1-12-8-13(2)19(14(3)9-12)22-11-17(25)24-23-10-15-6-7-16(28-4)20(29-5)18(15)21(26)27/h6-10,22H,11H2,1-5H3,(H,24,25)(H,26,27)/b23-10-. The Morgan fingerprint density at radius 2 is 1.76 bits per heavy atom. The molecule has 2 aromatic rings. The summed E-state index contributed by atoms with van der Waals surface area (Å²) in [4.78, 5) is 23.7. The highest BCUT2D eigenvalue weighted by Crippen LogP contribution is 2.32. The number of nitrogens with one attached hydrogen (secondary N) is 2. The number of carbonyl (C=O) groups is 2. The van der Waals surface area contributed by atoms with E-state index in [1.807, 2.05) is 32.9 Å². The minimum absolute atomic E-state index is 0.0276. The van der Waals surface area contributed by atoms with Gasteiger partial charge in [-0.2, -0.15) is 5.10 Å². The summed E-state index contributed by atoms with van der Waals surface area (Å²) in [6, 6.07) is 7.17. The molecule has 2 rings (SSSR count). The highest BCUT2D eigenvalue weighted by molar-refractivity contribution is 6.02. The number of aryl methyl sites for hydroxylation is 3. The van der Waals surface area contributed by atoms with Gasteiger partial charge in [-0.15, -0.1) is 0 Å². The molecule has 0 spiro atoms. The molecule has 0 aliphatic heterocycles. The van der Waals surface area contributed by atoms with Crippen molar-refractivity contribution >= 4 is 23.8 Å². The number of hydrogen-bond donors (Lipinski definition) is 3. The van der Waals surface area contributed by atoms with E-state index < -0.39 is 5.97 Å². The monoisotopic (exact) mass is 399 g/mol. The van der Waals surface area contributed by atoms with Crippen LogP contribution in [0.3, 0.4) is 0 Å². The van der Waals surface area contributed by atoms with Crippen LogP contribution in [0, 0.1) is 20.8 Å². The van der Waals surface area contributed by atoms with Gasteiger partial charge in [0, 0.05) is 11.3 Å². The van der Waals surface area contributed by atoms with Crippen LogP contribution in [0.15, 0.2) is 29.4 Å². The van der Waals surface area contributed by atoms with Gasteiger partial charge in [0.05, 0.1) is 27.0 Å². The first-order valence-corrected chi connectivity index (χ1v) is 8.90. The van der Waals surface area contributed by atoms with E-state index in [9.17, 15) is 14.7 Å². The first-order chi connectivity index (χ1) is 13.8. The second kappa shape index (κ2) is 9.59. The number of carbonyl (C=O) groups excluding carboxylic acids is 1. The fourth-order valence-corrected chi connectivity index (χ4v) is 3.11. The number of hydrazone groups is 1. The van der Waals surface area contributed by atoms with E-state index in [4.69, 9.17) is 9.47 Å². The van der Waals surface area contributed by atoms with Crippen molar-refractivity contribution in [2.75, 3.05) is 26.1 Å². The zero-order valence-corrected chi connectivity index (χ0v) is 17.1. The number of rotatable bonds is 8. The summed E-state index contributed by atoms with van der Waals surface area (Å²) >= 11 is 0. The smallest absolute Gasteiger partial charge is 0.340 e. The lowest BCUT2D eigenvalue weighted by atomic mass is 10.1. The van der Waals surface area contributed by atoms with Crippen LogP contribution < -0.4 is 20.2 Å². The summed E-state index contributed by atoms with van der Waals surface area (Å²) in [5.74, 6) is -1.18. The molecule has 0 radical (unpaired) electrons. The molecule has 8 nitrogen and oxygen atoms in total. The zero-order valence-electron chi connectivity index (χ0n) is 17.1. The quantitative estimate of drug-likeness (QED) is 0.465. The number of carboxylic acids is 1. The van der Waals surface area contributed by atoms with Crippen molar-refractivity contribution in [1.29, 1.82) is 0 Å². The molecule has 154 valence electrons. The van der Waals surface area contributed by atoms with Crippen LogP contribution in [0.25, 0.3) is 0 Å². The summed E-state index contributed by atoms with van der Waals surface area (Å²) in [7, 11) is 2.77. The Morgan fingerprint density at radius 1 is 1.10 bits per heavy atom. The molecule has 0 aliphatic rings. The second-order valence-corrected chi connectivity index (χ2v) is 6.49. The van der Waals surface area contributed by atoms with E-state index >= 15 is 0 Å². The second-order valence-electron chi connectivity index (χ2n) is 6.49. The number of methoxy groups -OCH3 is 2. The fraction of sp³-hybridized carbons (Fsp3) is 0.286. The van der Waals surface area contributed by atoms with Crippen molar-refractivity contribution in [1.82, 2.24) is 5.43 Å². The Bertz CT molecular complexity index is 931. The lowest BCUT2D eigenvalue weighted by molar-refractivity contribution is -0.119. The maximum atomic E-state index is 12.1. The SMILES string of the molecule is COc1ccc(/C=N\NC(=O)CNc2c(C)cc(C)cc2C)c(C(=O)O)c1OC. The lowest BCUT2D eigenvalue weighted by Gasteiger charge is -2.13. The molecule has 0 bridgehead atoms. The third kappa shape index (κ3) is 5.25. The summed E-state index contributed by atoms with van der Waals surface area (Å²) in [6.07, 6.45) is 1.26. The maximum absolute atomic E-state index is 12.1. The highest BCUT2D eigenvalue weighted by atomic mass is 16.5. The van der Waals surface area contributed by atoms with Crippen molar-refractivity contribution in [3.63, 3.8) is 0 Å². The predicted molar refractivity (Wildman–Crippen MR) is 111 cm³/mol. The van der Waals surface area contributed by atoms with Crippen LogP contribution in [0.1, 0.15) is 32.6 Å². The Labute approximate surface area is 169 Å². The van der Waals surface area contributed by atoms with Gasteiger partial charge >= 0.3 is 5.97 Å². The molecule has 0 fully saturated rings. The Hall–Kier alpha value is -3.55. The summed E-state index contributed by atoms with van der Waals surface area (Å²) in [5, 5.41) is 16.5. The molecule has 2 aromatic carbocycles. The Kier molecular flexibility index (Phi) is 7.19. The number of amides is 1. The number of ether oxygens (including phenoxy) is 2. The molecule has 8 heteroatoms. The highest BCUT2D eigenvalue weighted by Gasteiger charge is 2.20. The topological polar surface area (TPSA) is 109 Å². The molecule has 0 atom stereocenters. The van der Waals surface area contributed by atoms with Gasteiger partial charge in [0.25, 0.3) is 5.91 Å². The molecular formula is C21H25N3O5. The van der Waals surface area contributed by atoms with Gasteiger partial charge < -0.3 is 19.9 Å². The number of carboxylic acid groups (broad SMARTS) is 1. The van der Waals surface area contributed by atoms with E-state index in [2.05, 4.69) is 15.8 Å². The number of hydrogen-bond acceptors (Lipinski definition) is 6. The normalized spacial score (nSPS) is 10.7. The van der Waals surface area contributed by atoms with Gasteiger partial charge in [-0.3, -0.25) is 4.79 Å². The van der Waals surface area contributed by atoms with Gasteiger partial charge in [-0.25, -0.2) is 10.2 Å². The molecule has 1 amide bonds. The number of anilines is 1. The van der Waals surface area contributed by atoms with Crippen molar-refractivity contribution in [2.24, 2.45) is 5.10 Å². The van der Waals surface area contributed by atoms with Crippen LogP contribution in [-0.4, -0.2) is 44.0 Å². The van der Waals surface area contributed by atoms with E-state index in [-0.39, 0.29) is 29.3 Å². The first-order valence-electron chi connectivity index (χ1n) is 8.90. The van der Waals surface area contributed by atoms with Crippen molar-refractivity contribution in [3.8, 4) is 11.5 Å². The van der Waals surface area contributed by atoms with E-state index in [1.54, 1.807) is 6.07 Å². The average molecular weight is 399 g/mol. The Balaban J connectivity index is 2.08. The zero-order chi connectivity index (χ0) is 21.6. The number of benzene rings is 2. The van der Waals surface area contributed by atoms with Gasteiger partial charge in [0.2, 0.25) is 0 Å². The van der Waals surface area contributed by atoms with Crippen LogP contribution in [-0.2, 0) is 4.79 Å². The summed E-state index contributed by atoms with van der Waals surface area (Å²) in [6.45, 7) is 6.00. The first kappa shape index (κ1) is 21.7. The van der Waals surface area contributed by atoms with Crippen molar-refractivity contribution < 1.29 is 24.2 Å². The molecule has 0 saturated carbocycles. The van der Waals surface area contributed by atoms with Crippen LogP contribution in [0.5, 0.6) is 11.5 Å². The van der Waals surface area contributed by atoms with Gasteiger partial charge in [0.1, 0.15) is 5.56 Å².